The Labute approximate surface area is 173 Å². The Morgan fingerprint density at radius 1 is 1.25 bits per heavy atom. The average Bonchev–Trinajstić information content (AvgIpc) is 3.28. The lowest BCUT2D eigenvalue weighted by Crippen LogP contribution is -2.40. The Kier molecular flexibility index (Phi) is 5.26. The van der Waals surface area contributed by atoms with E-state index in [0.717, 1.165) is 24.9 Å². The molecule has 1 unspecified atom stereocenters. The number of halogens is 2. The monoisotopic (exact) mass is 439 g/mol. The van der Waals surface area contributed by atoms with Crippen LogP contribution in [0.15, 0.2) is 45.7 Å². The number of aromatic nitrogens is 1. The predicted molar refractivity (Wildman–Crippen MR) is 111 cm³/mol. The molecule has 0 bridgehead atoms. The highest BCUT2D eigenvalue weighted by atomic mass is 35.5. The van der Waals surface area contributed by atoms with Gasteiger partial charge in [-0.2, -0.15) is 4.98 Å². The number of nitrogens with one attached hydrogen (secondary N) is 1. The highest BCUT2D eigenvalue weighted by Crippen LogP contribution is 2.30. The normalized spacial score (nSPS) is 17.5. The summed E-state index contributed by atoms with van der Waals surface area (Å²) in [5.41, 5.74) is 2.15. The van der Waals surface area contributed by atoms with Gasteiger partial charge in [-0.25, -0.2) is 13.1 Å². The quantitative estimate of drug-likeness (QED) is 0.637. The molecule has 3 aromatic rings. The van der Waals surface area contributed by atoms with Crippen molar-refractivity contribution in [1.82, 2.24) is 9.71 Å². The smallest absolute Gasteiger partial charge is 0.298 e. The molecule has 1 aliphatic rings. The van der Waals surface area contributed by atoms with Crippen LogP contribution in [-0.4, -0.2) is 32.5 Å². The second-order valence-corrected chi connectivity index (χ2v) is 9.39. The molecule has 4 rings (SSSR count). The number of anilines is 1. The maximum Gasteiger partial charge on any atom is 0.298 e. The number of hydrogen-bond donors (Lipinski definition) is 1. The lowest BCUT2D eigenvalue weighted by atomic mass is 10.2. The van der Waals surface area contributed by atoms with E-state index < -0.39 is 10.0 Å². The van der Waals surface area contributed by atoms with E-state index in [9.17, 15) is 8.42 Å². The molecule has 0 aliphatic carbocycles. The standard InChI is InChI=1S/C19H19Cl2N3O3S/c1-12-9-18(15(21)10-14(12)20)28(25,26)22-11-13-5-4-8-24(13)19-23-16-6-2-3-7-17(16)27-19/h2-3,6-7,9-10,13,22H,4-5,8,11H2,1H3. The van der Waals surface area contributed by atoms with Gasteiger partial charge in [0.1, 0.15) is 10.4 Å². The van der Waals surface area contributed by atoms with E-state index in [0.29, 0.717) is 22.2 Å². The second kappa shape index (κ2) is 7.55. The van der Waals surface area contributed by atoms with Crippen LogP contribution in [-0.2, 0) is 10.0 Å². The number of sulfonamides is 1. The van der Waals surface area contributed by atoms with Gasteiger partial charge in [0.15, 0.2) is 5.58 Å². The predicted octanol–water partition coefficient (Wildman–Crippen LogP) is 4.39. The molecule has 0 amide bonds. The van der Waals surface area contributed by atoms with E-state index in [2.05, 4.69) is 9.71 Å². The van der Waals surface area contributed by atoms with Gasteiger partial charge >= 0.3 is 0 Å². The fraction of sp³-hybridized carbons (Fsp3) is 0.316. The summed E-state index contributed by atoms with van der Waals surface area (Å²) in [6.45, 7) is 2.74. The number of fused-ring (bicyclic) bond motifs is 1. The molecular weight excluding hydrogens is 421 g/mol. The summed E-state index contributed by atoms with van der Waals surface area (Å²) in [7, 11) is -3.77. The number of para-hydroxylation sites is 2. The summed E-state index contributed by atoms with van der Waals surface area (Å²) >= 11 is 12.1. The third-order valence-electron chi connectivity index (χ3n) is 4.92. The topological polar surface area (TPSA) is 75.4 Å². The molecule has 28 heavy (non-hydrogen) atoms. The zero-order valence-electron chi connectivity index (χ0n) is 15.2. The molecule has 2 heterocycles. The van der Waals surface area contributed by atoms with E-state index >= 15 is 0 Å². The first-order chi connectivity index (χ1) is 13.3. The Hall–Kier alpha value is -1.80. The van der Waals surface area contributed by atoms with Crippen LogP contribution >= 0.6 is 23.2 Å². The zero-order valence-corrected chi connectivity index (χ0v) is 17.5. The molecule has 2 aromatic carbocycles. The highest BCUT2D eigenvalue weighted by Gasteiger charge is 2.30. The van der Waals surface area contributed by atoms with Gasteiger partial charge < -0.3 is 9.32 Å². The first-order valence-electron chi connectivity index (χ1n) is 8.93. The molecule has 1 atom stereocenters. The third-order valence-corrected chi connectivity index (χ3v) is 7.21. The van der Waals surface area contributed by atoms with Crippen LogP contribution < -0.4 is 9.62 Å². The van der Waals surface area contributed by atoms with Crippen molar-refractivity contribution in [3.63, 3.8) is 0 Å². The van der Waals surface area contributed by atoms with Crippen LogP contribution in [0.25, 0.3) is 11.1 Å². The molecule has 1 aliphatic heterocycles. The molecule has 148 valence electrons. The minimum absolute atomic E-state index is 0.0301. The lowest BCUT2D eigenvalue weighted by molar-refractivity contribution is 0.534. The zero-order chi connectivity index (χ0) is 19.9. The summed E-state index contributed by atoms with van der Waals surface area (Å²) < 4.78 is 34.0. The Morgan fingerprint density at radius 2 is 2.04 bits per heavy atom. The van der Waals surface area contributed by atoms with E-state index in [1.807, 2.05) is 29.2 Å². The lowest BCUT2D eigenvalue weighted by Gasteiger charge is -2.23. The number of nitrogens with zero attached hydrogens (tertiary/aromatic N) is 2. The van der Waals surface area contributed by atoms with Crippen molar-refractivity contribution in [1.29, 1.82) is 0 Å². The fourth-order valence-electron chi connectivity index (χ4n) is 3.40. The SMILES string of the molecule is Cc1cc(S(=O)(=O)NCC2CCCN2c2nc3ccccc3o2)c(Cl)cc1Cl. The van der Waals surface area contributed by atoms with E-state index in [1.54, 1.807) is 6.92 Å². The number of hydrogen-bond acceptors (Lipinski definition) is 5. The van der Waals surface area contributed by atoms with Gasteiger partial charge in [0.2, 0.25) is 10.0 Å². The number of benzene rings is 2. The van der Waals surface area contributed by atoms with Crippen molar-refractivity contribution in [3.05, 3.63) is 52.0 Å². The second-order valence-electron chi connectivity index (χ2n) is 6.84. The average molecular weight is 440 g/mol. The minimum atomic E-state index is -3.77. The van der Waals surface area contributed by atoms with Crippen LogP contribution in [0.1, 0.15) is 18.4 Å². The van der Waals surface area contributed by atoms with Crippen molar-refractivity contribution >= 4 is 50.3 Å². The summed E-state index contributed by atoms with van der Waals surface area (Å²) in [5, 5.41) is 0.534. The van der Waals surface area contributed by atoms with Crippen LogP contribution in [0.5, 0.6) is 0 Å². The van der Waals surface area contributed by atoms with E-state index in [4.69, 9.17) is 27.6 Å². The van der Waals surface area contributed by atoms with Crippen LogP contribution in [0.2, 0.25) is 10.0 Å². The number of rotatable bonds is 5. The Balaban J connectivity index is 1.53. The first kappa shape index (κ1) is 19.5. The van der Waals surface area contributed by atoms with Crippen LogP contribution in [0.4, 0.5) is 6.01 Å². The summed E-state index contributed by atoms with van der Waals surface area (Å²) in [6.07, 6.45) is 1.78. The van der Waals surface area contributed by atoms with Gasteiger partial charge in [-0.1, -0.05) is 35.3 Å². The largest absolute Gasteiger partial charge is 0.423 e. The summed E-state index contributed by atoms with van der Waals surface area (Å²) in [5.74, 6) is 0. The maximum absolute atomic E-state index is 12.8. The molecular formula is C19H19Cl2N3O3S. The Bertz CT molecular complexity index is 1100. The van der Waals surface area contributed by atoms with Gasteiger partial charge in [0.05, 0.1) is 5.02 Å². The van der Waals surface area contributed by atoms with Crippen molar-refractivity contribution in [2.45, 2.75) is 30.7 Å². The van der Waals surface area contributed by atoms with Gasteiger partial charge in [-0.05, 0) is 49.6 Å². The van der Waals surface area contributed by atoms with E-state index in [1.165, 1.54) is 12.1 Å². The molecule has 1 saturated heterocycles. The van der Waals surface area contributed by atoms with Crippen molar-refractivity contribution < 1.29 is 12.8 Å². The molecule has 9 heteroatoms. The van der Waals surface area contributed by atoms with E-state index in [-0.39, 0.29) is 22.5 Å². The molecule has 0 radical (unpaired) electrons. The van der Waals surface area contributed by atoms with Crippen LogP contribution in [0.3, 0.4) is 0 Å². The van der Waals surface area contributed by atoms with Crippen molar-refractivity contribution in [3.8, 4) is 0 Å². The minimum Gasteiger partial charge on any atom is -0.423 e. The third kappa shape index (κ3) is 3.72. The van der Waals surface area contributed by atoms with Gasteiger partial charge in [0, 0.05) is 24.2 Å². The molecule has 6 nitrogen and oxygen atoms in total. The van der Waals surface area contributed by atoms with Gasteiger partial charge in [-0.3, -0.25) is 0 Å². The number of oxazole rings is 1. The first-order valence-corrected chi connectivity index (χ1v) is 11.2. The van der Waals surface area contributed by atoms with Gasteiger partial charge in [-0.15, -0.1) is 0 Å². The fourth-order valence-corrected chi connectivity index (χ4v) is 5.31. The highest BCUT2D eigenvalue weighted by molar-refractivity contribution is 7.89. The molecule has 1 fully saturated rings. The molecule has 1 N–H and O–H groups in total. The summed E-state index contributed by atoms with van der Waals surface area (Å²) in [6, 6.07) is 11.0. The van der Waals surface area contributed by atoms with Crippen LogP contribution in [0, 0.1) is 6.92 Å². The molecule has 0 saturated carbocycles. The number of aryl methyl sites for hydroxylation is 1. The van der Waals surface area contributed by atoms with Crippen molar-refractivity contribution in [2.24, 2.45) is 0 Å². The molecule has 0 spiro atoms. The maximum atomic E-state index is 12.8. The summed E-state index contributed by atoms with van der Waals surface area (Å²) in [4.78, 5) is 6.57. The Morgan fingerprint density at radius 3 is 2.82 bits per heavy atom. The molecule has 1 aromatic heterocycles. The van der Waals surface area contributed by atoms with Gasteiger partial charge in [0.25, 0.3) is 6.01 Å². The van der Waals surface area contributed by atoms with Crippen molar-refractivity contribution in [2.75, 3.05) is 18.0 Å².